The Labute approximate surface area is 108 Å². The molecule has 88 valence electrons. The van der Waals surface area contributed by atoms with Gasteiger partial charge in [0.25, 0.3) is 0 Å². The fourth-order valence-electron chi connectivity index (χ4n) is 1.94. The van der Waals surface area contributed by atoms with Crippen LogP contribution in [-0.4, -0.2) is 15.8 Å². The van der Waals surface area contributed by atoms with Gasteiger partial charge in [-0.15, -0.1) is 11.3 Å². The van der Waals surface area contributed by atoms with E-state index in [1.165, 1.54) is 0 Å². The second-order valence-electron chi connectivity index (χ2n) is 3.95. The summed E-state index contributed by atoms with van der Waals surface area (Å²) in [6, 6.07) is 7.36. The Balaban J connectivity index is 2.21. The lowest BCUT2D eigenvalue weighted by molar-refractivity contribution is 0.104. The van der Waals surface area contributed by atoms with E-state index < -0.39 is 0 Å². The van der Waals surface area contributed by atoms with Gasteiger partial charge in [0.05, 0.1) is 16.6 Å². The minimum Gasteiger partial charge on any atom is -0.288 e. The summed E-state index contributed by atoms with van der Waals surface area (Å²) in [7, 11) is 0. The third-order valence-electron chi connectivity index (χ3n) is 2.85. The first kappa shape index (κ1) is 11.0. The summed E-state index contributed by atoms with van der Waals surface area (Å²) in [5.74, 6) is 0.0138. The van der Waals surface area contributed by atoms with Crippen LogP contribution in [0.1, 0.15) is 20.8 Å². The molecule has 0 amide bonds. The number of para-hydroxylation sites is 1. The highest BCUT2D eigenvalue weighted by Gasteiger charge is 2.16. The summed E-state index contributed by atoms with van der Waals surface area (Å²) in [6.07, 6.45) is 3.24. The third-order valence-corrected chi connectivity index (χ3v) is 3.69. The van der Waals surface area contributed by atoms with Crippen LogP contribution in [0.4, 0.5) is 0 Å². The fourth-order valence-corrected chi connectivity index (χ4v) is 2.64. The lowest BCUT2D eigenvalue weighted by Gasteiger charge is -2.03. The molecule has 0 aliphatic carbocycles. The third kappa shape index (κ3) is 1.71. The Hall–Kier alpha value is -2.07. The lowest BCUT2D eigenvalue weighted by atomic mass is 10.0. The van der Waals surface area contributed by atoms with Crippen LogP contribution < -0.4 is 0 Å². The Morgan fingerprint density at radius 3 is 2.72 bits per heavy atom. The second kappa shape index (κ2) is 4.31. The summed E-state index contributed by atoms with van der Waals surface area (Å²) in [4.78, 5) is 22.0. The topological polar surface area (TPSA) is 42.9 Å². The molecule has 0 atom stereocenters. The Morgan fingerprint density at radius 1 is 1.11 bits per heavy atom. The molecule has 0 spiro atoms. The van der Waals surface area contributed by atoms with Crippen LogP contribution >= 0.6 is 11.3 Å². The van der Waals surface area contributed by atoms with Gasteiger partial charge in [0, 0.05) is 22.8 Å². The van der Waals surface area contributed by atoms with Crippen molar-refractivity contribution in [3.63, 3.8) is 0 Å². The van der Waals surface area contributed by atoms with E-state index in [1.54, 1.807) is 29.8 Å². The van der Waals surface area contributed by atoms with E-state index in [4.69, 9.17) is 0 Å². The Morgan fingerprint density at radius 2 is 1.94 bits per heavy atom. The maximum Gasteiger partial charge on any atom is 0.196 e. The van der Waals surface area contributed by atoms with E-state index in [-0.39, 0.29) is 5.78 Å². The number of nitrogens with zero attached hydrogens (tertiary/aromatic N) is 2. The first-order chi connectivity index (χ1) is 8.77. The van der Waals surface area contributed by atoms with E-state index in [2.05, 4.69) is 9.97 Å². The van der Waals surface area contributed by atoms with Gasteiger partial charge in [-0.2, -0.15) is 0 Å². The van der Waals surface area contributed by atoms with Crippen LogP contribution in [-0.2, 0) is 0 Å². The molecule has 0 radical (unpaired) electrons. The van der Waals surface area contributed by atoms with Crippen molar-refractivity contribution < 1.29 is 4.79 Å². The first-order valence-electron chi connectivity index (χ1n) is 5.56. The van der Waals surface area contributed by atoms with Crippen LogP contribution in [0.2, 0.25) is 0 Å². The Kier molecular flexibility index (Phi) is 2.64. The molecule has 0 aliphatic rings. The molecular weight excluding hydrogens is 244 g/mol. The number of fused-ring (bicyclic) bond motifs is 1. The van der Waals surface area contributed by atoms with Gasteiger partial charge in [0.1, 0.15) is 0 Å². The minimum atomic E-state index is 0.0138. The van der Waals surface area contributed by atoms with Crippen molar-refractivity contribution in [3.8, 4) is 0 Å². The number of aryl methyl sites for hydroxylation is 1. The summed E-state index contributed by atoms with van der Waals surface area (Å²) >= 11 is 1.58. The summed E-state index contributed by atoms with van der Waals surface area (Å²) in [5, 5.41) is 1.93. The van der Waals surface area contributed by atoms with Gasteiger partial charge in [0.2, 0.25) is 0 Å². The zero-order valence-corrected chi connectivity index (χ0v) is 10.6. The van der Waals surface area contributed by atoms with Crippen molar-refractivity contribution in [3.05, 3.63) is 58.0 Å². The fraction of sp³-hybridized carbons (Fsp3) is 0.0714. The SMILES string of the molecule is Cc1sccc1C(=O)c1cccc2nccnc12. The van der Waals surface area contributed by atoms with Crippen LogP contribution in [0.3, 0.4) is 0 Å². The van der Waals surface area contributed by atoms with Crippen molar-refractivity contribution in [1.29, 1.82) is 0 Å². The molecule has 3 nitrogen and oxygen atoms in total. The molecule has 2 heterocycles. The number of carbonyl (C=O) groups excluding carboxylic acids is 1. The predicted octanol–water partition coefficient (Wildman–Crippen LogP) is 3.23. The standard InChI is InChI=1S/C14H10N2OS/c1-9-10(5-8-18-9)14(17)11-3-2-4-12-13(11)16-7-6-15-12/h2-8H,1H3. The van der Waals surface area contributed by atoms with E-state index in [0.29, 0.717) is 11.1 Å². The number of thiophene rings is 1. The molecule has 0 saturated carbocycles. The van der Waals surface area contributed by atoms with E-state index >= 15 is 0 Å². The molecule has 2 aromatic heterocycles. The average Bonchev–Trinajstić information content (AvgIpc) is 2.83. The number of hydrogen-bond acceptors (Lipinski definition) is 4. The van der Waals surface area contributed by atoms with Crippen molar-refractivity contribution in [1.82, 2.24) is 9.97 Å². The summed E-state index contributed by atoms with van der Waals surface area (Å²) < 4.78 is 0. The van der Waals surface area contributed by atoms with Crippen LogP contribution in [0.15, 0.2) is 42.0 Å². The lowest BCUT2D eigenvalue weighted by Crippen LogP contribution is -2.03. The molecule has 0 saturated heterocycles. The normalized spacial score (nSPS) is 10.7. The molecule has 0 N–H and O–H groups in total. The number of aromatic nitrogens is 2. The van der Waals surface area contributed by atoms with Crippen molar-refractivity contribution in [2.24, 2.45) is 0 Å². The van der Waals surface area contributed by atoms with E-state index in [9.17, 15) is 4.79 Å². The highest BCUT2D eigenvalue weighted by molar-refractivity contribution is 7.10. The van der Waals surface area contributed by atoms with Crippen molar-refractivity contribution in [2.75, 3.05) is 0 Å². The zero-order valence-electron chi connectivity index (χ0n) is 9.75. The predicted molar refractivity (Wildman–Crippen MR) is 72.0 cm³/mol. The number of carbonyl (C=O) groups is 1. The van der Waals surface area contributed by atoms with Gasteiger partial charge in [-0.3, -0.25) is 14.8 Å². The molecule has 0 fully saturated rings. The van der Waals surface area contributed by atoms with Gasteiger partial charge >= 0.3 is 0 Å². The van der Waals surface area contributed by atoms with Crippen molar-refractivity contribution >= 4 is 28.2 Å². The molecule has 3 rings (SSSR count). The van der Waals surface area contributed by atoms with Crippen LogP contribution in [0, 0.1) is 6.92 Å². The van der Waals surface area contributed by atoms with Crippen molar-refractivity contribution in [2.45, 2.75) is 6.92 Å². The van der Waals surface area contributed by atoms with Gasteiger partial charge in [0.15, 0.2) is 5.78 Å². The average molecular weight is 254 g/mol. The highest BCUT2D eigenvalue weighted by Crippen LogP contribution is 2.22. The molecule has 1 aromatic carbocycles. The Bertz CT molecular complexity index is 728. The number of benzene rings is 1. The van der Waals surface area contributed by atoms with Gasteiger partial charge in [-0.1, -0.05) is 6.07 Å². The maximum absolute atomic E-state index is 12.5. The number of rotatable bonds is 2. The van der Waals surface area contributed by atoms with Gasteiger partial charge in [-0.05, 0) is 30.5 Å². The molecule has 4 heteroatoms. The largest absolute Gasteiger partial charge is 0.288 e. The summed E-state index contributed by atoms with van der Waals surface area (Å²) in [5.41, 5.74) is 2.77. The molecule has 3 aromatic rings. The monoisotopic (exact) mass is 254 g/mol. The quantitative estimate of drug-likeness (QED) is 0.659. The number of ketones is 1. The van der Waals surface area contributed by atoms with Gasteiger partial charge < -0.3 is 0 Å². The summed E-state index contributed by atoms with van der Waals surface area (Å²) in [6.45, 7) is 1.95. The van der Waals surface area contributed by atoms with E-state index in [1.807, 2.05) is 30.5 Å². The molecule has 0 aliphatic heterocycles. The molecular formula is C14H10N2OS. The zero-order chi connectivity index (χ0) is 12.5. The van der Waals surface area contributed by atoms with Crippen LogP contribution in [0.5, 0.6) is 0 Å². The van der Waals surface area contributed by atoms with E-state index in [0.717, 1.165) is 16.0 Å². The molecule has 0 bridgehead atoms. The molecule has 0 unspecified atom stereocenters. The smallest absolute Gasteiger partial charge is 0.196 e. The number of hydrogen-bond donors (Lipinski definition) is 0. The molecule has 18 heavy (non-hydrogen) atoms. The maximum atomic E-state index is 12.5. The minimum absolute atomic E-state index is 0.0138. The highest BCUT2D eigenvalue weighted by atomic mass is 32.1. The second-order valence-corrected chi connectivity index (χ2v) is 5.07. The van der Waals surface area contributed by atoms with Crippen LogP contribution in [0.25, 0.3) is 11.0 Å². The van der Waals surface area contributed by atoms with Gasteiger partial charge in [-0.25, -0.2) is 0 Å². The first-order valence-corrected chi connectivity index (χ1v) is 6.44.